The van der Waals surface area contributed by atoms with Gasteiger partial charge in [0.2, 0.25) is 11.9 Å². The van der Waals surface area contributed by atoms with Gasteiger partial charge in [-0.25, -0.2) is 9.37 Å². The molecular weight excluding hydrogens is 385 g/mol. The summed E-state index contributed by atoms with van der Waals surface area (Å²) in [6, 6.07) is 15.3. The monoisotopic (exact) mass is 409 g/mol. The third kappa shape index (κ3) is 6.73. The lowest BCUT2D eigenvalue weighted by molar-refractivity contribution is -0.115. The molecule has 3 N–H and O–H groups in total. The van der Waals surface area contributed by atoms with Gasteiger partial charge in [0.05, 0.1) is 7.11 Å². The number of hydrogen-bond acceptors (Lipinski definition) is 6. The molecule has 0 saturated carbocycles. The fourth-order valence-electron chi connectivity index (χ4n) is 2.71. The second-order valence-corrected chi connectivity index (χ2v) is 6.52. The summed E-state index contributed by atoms with van der Waals surface area (Å²) in [6.07, 6.45) is 2.67. The van der Waals surface area contributed by atoms with E-state index in [9.17, 15) is 9.18 Å². The predicted octanol–water partition coefficient (Wildman–Crippen LogP) is 3.72. The van der Waals surface area contributed by atoms with E-state index >= 15 is 0 Å². The minimum atomic E-state index is -0.244. The molecule has 156 valence electrons. The number of methoxy groups -OCH3 is 1. The van der Waals surface area contributed by atoms with Crippen LogP contribution in [0, 0.1) is 5.82 Å². The van der Waals surface area contributed by atoms with E-state index in [1.807, 2.05) is 0 Å². The van der Waals surface area contributed by atoms with Crippen molar-refractivity contribution in [2.75, 3.05) is 36.1 Å². The molecule has 7 nitrogen and oxygen atoms in total. The molecule has 8 heteroatoms. The van der Waals surface area contributed by atoms with Gasteiger partial charge >= 0.3 is 0 Å². The smallest absolute Gasteiger partial charge is 0.226 e. The van der Waals surface area contributed by atoms with E-state index in [4.69, 9.17) is 4.74 Å². The van der Waals surface area contributed by atoms with Gasteiger partial charge in [0.1, 0.15) is 17.4 Å². The van der Waals surface area contributed by atoms with E-state index in [1.54, 1.807) is 55.8 Å². The van der Waals surface area contributed by atoms with E-state index in [-0.39, 0.29) is 11.7 Å². The molecule has 0 bridgehead atoms. The Morgan fingerprint density at radius 1 is 1.00 bits per heavy atom. The first-order valence-corrected chi connectivity index (χ1v) is 9.61. The van der Waals surface area contributed by atoms with Crippen molar-refractivity contribution in [2.24, 2.45) is 0 Å². The molecule has 1 aromatic heterocycles. The number of ether oxygens (including phenoxy) is 1. The van der Waals surface area contributed by atoms with Crippen molar-refractivity contribution in [1.29, 1.82) is 0 Å². The lowest BCUT2D eigenvalue weighted by atomic mass is 10.1. The van der Waals surface area contributed by atoms with Crippen molar-refractivity contribution in [2.45, 2.75) is 12.8 Å². The molecule has 2 aromatic carbocycles. The summed E-state index contributed by atoms with van der Waals surface area (Å²) in [5, 5.41) is 9.10. The molecule has 3 rings (SSSR count). The lowest BCUT2D eigenvalue weighted by Crippen LogP contribution is -2.17. The highest BCUT2D eigenvalue weighted by molar-refractivity contribution is 5.91. The maximum absolute atomic E-state index is 12.9. The molecule has 1 heterocycles. The van der Waals surface area contributed by atoms with Crippen LogP contribution in [0.4, 0.5) is 21.8 Å². The van der Waals surface area contributed by atoms with Crippen LogP contribution >= 0.6 is 0 Å². The van der Waals surface area contributed by atoms with Crippen LogP contribution in [0.2, 0.25) is 0 Å². The van der Waals surface area contributed by atoms with Gasteiger partial charge in [-0.15, -0.1) is 0 Å². The molecule has 0 radical (unpaired) electrons. The first kappa shape index (κ1) is 21.0. The van der Waals surface area contributed by atoms with Crippen LogP contribution in [0.25, 0.3) is 0 Å². The normalized spacial score (nSPS) is 10.3. The molecule has 1 amide bonds. The number of carbonyl (C=O) groups is 1. The van der Waals surface area contributed by atoms with Crippen molar-refractivity contribution in [1.82, 2.24) is 9.97 Å². The third-order valence-corrected chi connectivity index (χ3v) is 4.30. The van der Waals surface area contributed by atoms with Gasteiger partial charge in [0.15, 0.2) is 0 Å². The zero-order chi connectivity index (χ0) is 21.2. The van der Waals surface area contributed by atoms with Crippen molar-refractivity contribution in [3.05, 3.63) is 72.2 Å². The van der Waals surface area contributed by atoms with Gasteiger partial charge in [0.25, 0.3) is 0 Å². The quantitative estimate of drug-likeness (QED) is 0.473. The summed E-state index contributed by atoms with van der Waals surface area (Å²) in [6.45, 7) is 1.06. The second kappa shape index (κ2) is 10.8. The number of carbonyl (C=O) groups excluding carboxylic acids is 1. The van der Waals surface area contributed by atoms with E-state index < -0.39 is 0 Å². The van der Waals surface area contributed by atoms with Crippen molar-refractivity contribution in [3.8, 4) is 5.75 Å². The fraction of sp³-hybridized carbons (Fsp3) is 0.227. The van der Waals surface area contributed by atoms with Gasteiger partial charge in [0, 0.05) is 31.4 Å². The highest BCUT2D eigenvalue weighted by Gasteiger charge is 2.04. The maximum Gasteiger partial charge on any atom is 0.226 e. The maximum atomic E-state index is 12.9. The minimum absolute atomic E-state index is 0.0978. The Labute approximate surface area is 174 Å². The van der Waals surface area contributed by atoms with Crippen molar-refractivity contribution in [3.63, 3.8) is 0 Å². The van der Waals surface area contributed by atoms with Crippen molar-refractivity contribution < 1.29 is 13.9 Å². The van der Waals surface area contributed by atoms with E-state index in [0.717, 1.165) is 23.4 Å². The molecular formula is C22H24FN5O2. The van der Waals surface area contributed by atoms with Crippen LogP contribution in [0.3, 0.4) is 0 Å². The molecule has 0 unspecified atom stereocenters. The first-order valence-electron chi connectivity index (χ1n) is 9.61. The predicted molar refractivity (Wildman–Crippen MR) is 115 cm³/mol. The Bertz CT molecular complexity index is 949. The second-order valence-electron chi connectivity index (χ2n) is 6.52. The highest BCUT2D eigenvalue weighted by Crippen LogP contribution is 2.15. The Hall–Kier alpha value is -3.68. The summed E-state index contributed by atoms with van der Waals surface area (Å²) in [5.74, 6) is 1.52. The Morgan fingerprint density at radius 3 is 2.50 bits per heavy atom. The Kier molecular flexibility index (Phi) is 7.54. The lowest BCUT2D eigenvalue weighted by Gasteiger charge is -2.09. The summed E-state index contributed by atoms with van der Waals surface area (Å²) < 4.78 is 18.0. The Morgan fingerprint density at radius 2 is 1.77 bits per heavy atom. The van der Waals surface area contributed by atoms with Crippen LogP contribution < -0.4 is 20.7 Å². The molecule has 0 aliphatic heterocycles. The largest absolute Gasteiger partial charge is 0.497 e. The standard InChI is InChI=1S/C22H24FN5O2/c1-30-19-8-6-18(7-9-19)27-21(29)12-15-24-20-11-14-26-22(28-20)25-13-10-16-2-4-17(23)5-3-16/h2-9,11,14H,10,12-13,15H2,1H3,(H,27,29)(H2,24,25,26,28). The number of benzene rings is 2. The molecule has 0 spiro atoms. The van der Waals surface area contributed by atoms with Gasteiger partial charge in [-0.1, -0.05) is 12.1 Å². The van der Waals surface area contributed by atoms with Gasteiger partial charge in [-0.3, -0.25) is 4.79 Å². The molecule has 3 aromatic rings. The molecule has 0 aliphatic carbocycles. The van der Waals surface area contributed by atoms with Crippen molar-refractivity contribution >= 4 is 23.4 Å². The summed E-state index contributed by atoms with van der Waals surface area (Å²) >= 11 is 0. The van der Waals surface area contributed by atoms with Crippen LogP contribution in [0.5, 0.6) is 5.75 Å². The van der Waals surface area contributed by atoms with Gasteiger partial charge < -0.3 is 20.7 Å². The average molecular weight is 409 g/mol. The number of anilines is 3. The molecule has 0 fully saturated rings. The topological polar surface area (TPSA) is 88.2 Å². The fourth-order valence-corrected chi connectivity index (χ4v) is 2.71. The van der Waals surface area contributed by atoms with Crippen LogP contribution in [-0.2, 0) is 11.2 Å². The molecule has 0 saturated heterocycles. The summed E-state index contributed by atoms with van der Waals surface area (Å²) in [7, 11) is 1.60. The van der Waals surface area contributed by atoms with Crippen LogP contribution in [0.15, 0.2) is 60.8 Å². The SMILES string of the molecule is COc1ccc(NC(=O)CCNc2ccnc(NCCc3ccc(F)cc3)n2)cc1. The number of rotatable bonds is 10. The number of nitrogens with one attached hydrogen (secondary N) is 3. The zero-order valence-corrected chi connectivity index (χ0v) is 16.7. The van der Waals surface area contributed by atoms with Gasteiger partial charge in [-0.2, -0.15) is 4.98 Å². The Balaban J connectivity index is 1.39. The van der Waals surface area contributed by atoms with E-state index in [0.29, 0.717) is 31.3 Å². The first-order chi connectivity index (χ1) is 14.6. The van der Waals surface area contributed by atoms with Crippen LogP contribution in [0.1, 0.15) is 12.0 Å². The van der Waals surface area contributed by atoms with Gasteiger partial charge in [-0.05, 0) is 54.4 Å². The summed E-state index contributed by atoms with van der Waals surface area (Å²) in [4.78, 5) is 20.6. The zero-order valence-electron chi connectivity index (χ0n) is 16.7. The van der Waals surface area contributed by atoms with E-state index in [1.165, 1.54) is 12.1 Å². The number of hydrogen-bond donors (Lipinski definition) is 3. The number of nitrogens with zero attached hydrogens (tertiary/aromatic N) is 2. The third-order valence-electron chi connectivity index (χ3n) is 4.30. The van der Waals surface area contributed by atoms with E-state index in [2.05, 4.69) is 25.9 Å². The molecule has 0 atom stereocenters. The number of halogens is 1. The summed E-state index contributed by atoms with van der Waals surface area (Å²) in [5.41, 5.74) is 1.75. The van der Waals surface area contributed by atoms with Crippen LogP contribution in [-0.4, -0.2) is 36.1 Å². The molecule has 0 aliphatic rings. The number of amides is 1. The minimum Gasteiger partial charge on any atom is -0.497 e. The highest BCUT2D eigenvalue weighted by atomic mass is 19.1. The molecule has 30 heavy (non-hydrogen) atoms. The number of aromatic nitrogens is 2. The average Bonchev–Trinajstić information content (AvgIpc) is 2.76.